The molecule has 0 saturated heterocycles. The van der Waals surface area contributed by atoms with Gasteiger partial charge in [0.05, 0.1) is 5.69 Å². The van der Waals surface area contributed by atoms with Crippen LogP contribution in [-0.2, 0) is 4.79 Å². The number of phenols is 1. The van der Waals surface area contributed by atoms with Crippen molar-refractivity contribution in [2.75, 3.05) is 22.6 Å². The normalized spacial score (nSPS) is 15.4. The maximum Gasteiger partial charge on any atom is 0.274 e. The summed E-state index contributed by atoms with van der Waals surface area (Å²) in [5.74, 6) is 0.138. The number of benzene rings is 3. The molecule has 2 amide bonds. The van der Waals surface area contributed by atoms with Gasteiger partial charge in [-0.25, -0.2) is 0 Å². The predicted octanol–water partition coefficient (Wildman–Crippen LogP) is 4.97. The SMILES string of the molecule is CC(=O)Nc1ccc2[nH]c(C(=O)N3C[C@@H](CCl)c4c3cc(O)c3ccccc43)cc2c1. The average Bonchev–Trinajstić information content (AvgIpc) is 3.34. The average molecular weight is 434 g/mol. The van der Waals surface area contributed by atoms with E-state index < -0.39 is 0 Å². The molecular formula is C24H20ClN3O3. The van der Waals surface area contributed by atoms with Gasteiger partial charge < -0.3 is 20.3 Å². The van der Waals surface area contributed by atoms with Crippen LogP contribution in [0.4, 0.5) is 11.4 Å². The third-order valence-electron chi connectivity index (χ3n) is 5.75. The van der Waals surface area contributed by atoms with Gasteiger partial charge in [-0.2, -0.15) is 0 Å². The van der Waals surface area contributed by atoms with Crippen LogP contribution in [0.3, 0.4) is 0 Å². The van der Waals surface area contributed by atoms with E-state index >= 15 is 0 Å². The van der Waals surface area contributed by atoms with Crippen molar-refractivity contribution in [2.45, 2.75) is 12.8 Å². The molecule has 0 bridgehead atoms. The Morgan fingerprint density at radius 2 is 1.94 bits per heavy atom. The number of fused-ring (bicyclic) bond motifs is 4. The molecule has 31 heavy (non-hydrogen) atoms. The number of hydrogen-bond acceptors (Lipinski definition) is 3. The fraction of sp³-hybridized carbons (Fsp3) is 0.167. The molecule has 1 aliphatic heterocycles. The number of anilines is 2. The molecule has 0 unspecified atom stereocenters. The van der Waals surface area contributed by atoms with Crippen LogP contribution in [0.2, 0.25) is 0 Å². The highest BCUT2D eigenvalue weighted by molar-refractivity contribution is 6.19. The maximum absolute atomic E-state index is 13.5. The Morgan fingerprint density at radius 1 is 1.16 bits per heavy atom. The summed E-state index contributed by atoms with van der Waals surface area (Å²) in [6.07, 6.45) is 0. The molecule has 3 aromatic carbocycles. The molecule has 0 saturated carbocycles. The summed E-state index contributed by atoms with van der Waals surface area (Å²) in [4.78, 5) is 29.6. The maximum atomic E-state index is 13.5. The highest BCUT2D eigenvalue weighted by Crippen LogP contribution is 2.45. The number of nitrogens with one attached hydrogen (secondary N) is 2. The summed E-state index contributed by atoms with van der Waals surface area (Å²) >= 11 is 6.27. The van der Waals surface area contributed by atoms with Gasteiger partial charge in [0.15, 0.2) is 0 Å². The van der Waals surface area contributed by atoms with E-state index in [0.717, 1.165) is 27.2 Å². The van der Waals surface area contributed by atoms with Crippen LogP contribution in [-0.4, -0.2) is 34.3 Å². The first-order valence-corrected chi connectivity index (χ1v) is 10.5. The van der Waals surface area contributed by atoms with Crippen LogP contribution in [0.25, 0.3) is 21.7 Å². The summed E-state index contributed by atoms with van der Waals surface area (Å²) in [5.41, 5.74) is 3.57. The predicted molar refractivity (Wildman–Crippen MR) is 123 cm³/mol. The molecule has 0 spiro atoms. The van der Waals surface area contributed by atoms with E-state index in [0.29, 0.717) is 29.5 Å². The molecule has 5 rings (SSSR count). The van der Waals surface area contributed by atoms with Crippen LogP contribution < -0.4 is 10.2 Å². The minimum Gasteiger partial charge on any atom is -0.507 e. The van der Waals surface area contributed by atoms with Gasteiger partial charge >= 0.3 is 0 Å². The largest absolute Gasteiger partial charge is 0.507 e. The van der Waals surface area contributed by atoms with Crippen LogP contribution in [0.1, 0.15) is 28.9 Å². The van der Waals surface area contributed by atoms with E-state index in [-0.39, 0.29) is 23.5 Å². The van der Waals surface area contributed by atoms with Gasteiger partial charge in [-0.1, -0.05) is 24.3 Å². The number of amides is 2. The van der Waals surface area contributed by atoms with Crippen molar-refractivity contribution in [3.63, 3.8) is 0 Å². The summed E-state index contributed by atoms with van der Waals surface area (Å²) in [5, 5.41) is 15.8. The fourth-order valence-corrected chi connectivity index (χ4v) is 4.67. The van der Waals surface area contributed by atoms with Crippen LogP contribution >= 0.6 is 11.6 Å². The Labute approximate surface area is 183 Å². The number of phenolic OH excluding ortho intramolecular Hbond substituents is 1. The Morgan fingerprint density at radius 3 is 2.68 bits per heavy atom. The number of carbonyl (C=O) groups is 2. The Balaban J connectivity index is 1.57. The van der Waals surface area contributed by atoms with Crippen molar-refractivity contribution < 1.29 is 14.7 Å². The van der Waals surface area contributed by atoms with Gasteiger partial charge in [-0.15, -0.1) is 11.6 Å². The van der Waals surface area contributed by atoms with E-state index in [2.05, 4.69) is 10.3 Å². The molecule has 0 radical (unpaired) electrons. The van der Waals surface area contributed by atoms with Gasteiger partial charge in [-0.05, 0) is 35.2 Å². The smallest absolute Gasteiger partial charge is 0.274 e. The Bertz CT molecular complexity index is 1360. The standard InChI is InChI=1S/C24H20ClN3O3/c1-13(29)26-16-6-7-19-14(8-16)9-20(27-19)24(31)28-12-15(11-25)23-18-5-3-2-4-17(18)22(30)10-21(23)28/h2-10,15,27,30H,11-12H2,1H3,(H,26,29)/t15-/m1/s1. The molecule has 0 fully saturated rings. The number of aromatic nitrogens is 1. The Hall–Kier alpha value is -3.51. The summed E-state index contributed by atoms with van der Waals surface area (Å²) in [6.45, 7) is 1.89. The van der Waals surface area contributed by atoms with Crippen molar-refractivity contribution in [2.24, 2.45) is 0 Å². The second-order valence-corrected chi connectivity index (χ2v) is 8.12. The van der Waals surface area contributed by atoms with Crippen LogP contribution in [0, 0.1) is 0 Å². The van der Waals surface area contributed by atoms with Crippen molar-refractivity contribution in [3.8, 4) is 5.75 Å². The zero-order chi connectivity index (χ0) is 21.7. The minimum atomic E-state index is -0.194. The number of halogens is 1. The first-order chi connectivity index (χ1) is 15.0. The quantitative estimate of drug-likeness (QED) is 0.399. The van der Waals surface area contributed by atoms with Crippen molar-refractivity contribution >= 4 is 56.5 Å². The number of H-pyrrole nitrogens is 1. The molecular weight excluding hydrogens is 414 g/mol. The Kier molecular flexibility index (Phi) is 4.59. The molecule has 6 nitrogen and oxygen atoms in total. The third kappa shape index (κ3) is 3.20. The number of alkyl halides is 1. The number of carbonyl (C=O) groups excluding carboxylic acids is 2. The molecule has 1 aromatic heterocycles. The topological polar surface area (TPSA) is 85.4 Å². The summed E-state index contributed by atoms with van der Waals surface area (Å²) in [6, 6.07) is 16.5. The van der Waals surface area contributed by atoms with Crippen molar-refractivity contribution in [1.29, 1.82) is 0 Å². The number of aromatic hydroxyl groups is 1. The molecule has 2 heterocycles. The van der Waals surface area contributed by atoms with Gasteiger partial charge in [-0.3, -0.25) is 9.59 Å². The van der Waals surface area contributed by atoms with E-state index in [1.807, 2.05) is 36.4 Å². The second-order valence-electron chi connectivity index (χ2n) is 7.81. The van der Waals surface area contributed by atoms with E-state index in [1.165, 1.54) is 6.92 Å². The second kappa shape index (κ2) is 7.32. The lowest BCUT2D eigenvalue weighted by atomic mass is 9.95. The molecule has 7 heteroatoms. The van der Waals surface area contributed by atoms with E-state index in [1.54, 1.807) is 23.1 Å². The summed E-state index contributed by atoms with van der Waals surface area (Å²) < 4.78 is 0. The highest BCUT2D eigenvalue weighted by atomic mass is 35.5. The van der Waals surface area contributed by atoms with Crippen LogP contribution in [0.15, 0.2) is 54.6 Å². The molecule has 4 aromatic rings. The minimum absolute atomic E-state index is 0.0261. The monoisotopic (exact) mass is 433 g/mol. The number of hydrogen-bond donors (Lipinski definition) is 3. The lowest BCUT2D eigenvalue weighted by molar-refractivity contribution is -0.114. The molecule has 0 aliphatic carbocycles. The lowest BCUT2D eigenvalue weighted by Crippen LogP contribution is -2.30. The van der Waals surface area contributed by atoms with Crippen molar-refractivity contribution in [3.05, 3.63) is 65.9 Å². The van der Waals surface area contributed by atoms with Crippen LogP contribution in [0.5, 0.6) is 5.75 Å². The molecule has 1 atom stereocenters. The zero-order valence-electron chi connectivity index (χ0n) is 16.8. The fourth-order valence-electron chi connectivity index (χ4n) is 4.42. The number of rotatable bonds is 3. The molecule has 3 N–H and O–H groups in total. The number of nitrogens with zero attached hydrogens (tertiary/aromatic N) is 1. The number of aromatic amines is 1. The molecule has 1 aliphatic rings. The van der Waals surface area contributed by atoms with E-state index in [4.69, 9.17) is 11.6 Å². The lowest BCUT2D eigenvalue weighted by Gasteiger charge is -2.17. The van der Waals surface area contributed by atoms with Gasteiger partial charge in [0, 0.05) is 53.3 Å². The zero-order valence-corrected chi connectivity index (χ0v) is 17.5. The first kappa shape index (κ1) is 19.5. The van der Waals surface area contributed by atoms with E-state index in [9.17, 15) is 14.7 Å². The molecule has 156 valence electrons. The summed E-state index contributed by atoms with van der Waals surface area (Å²) in [7, 11) is 0. The first-order valence-electron chi connectivity index (χ1n) is 9.99. The highest BCUT2D eigenvalue weighted by Gasteiger charge is 2.35. The van der Waals surface area contributed by atoms with Crippen molar-refractivity contribution in [1.82, 2.24) is 4.98 Å². The van der Waals surface area contributed by atoms with Gasteiger partial charge in [0.1, 0.15) is 11.4 Å². The van der Waals surface area contributed by atoms with Gasteiger partial charge in [0.25, 0.3) is 5.91 Å². The third-order valence-corrected chi connectivity index (χ3v) is 6.12. The van der Waals surface area contributed by atoms with Gasteiger partial charge in [0.2, 0.25) is 5.91 Å².